The van der Waals surface area contributed by atoms with Crippen LogP contribution in [-0.2, 0) is 14.3 Å². The summed E-state index contributed by atoms with van der Waals surface area (Å²) in [5.74, 6) is -1.16. The van der Waals surface area contributed by atoms with Gasteiger partial charge in [0.1, 0.15) is 6.61 Å². The van der Waals surface area contributed by atoms with E-state index in [0.717, 1.165) is 28.7 Å². The van der Waals surface area contributed by atoms with E-state index in [4.69, 9.17) is 4.74 Å². The van der Waals surface area contributed by atoms with Crippen LogP contribution in [0.2, 0.25) is 0 Å². The van der Waals surface area contributed by atoms with Crippen molar-refractivity contribution in [3.05, 3.63) is 59.7 Å². The molecule has 2 aliphatic carbocycles. The van der Waals surface area contributed by atoms with Crippen molar-refractivity contribution in [1.29, 1.82) is 0 Å². The summed E-state index contributed by atoms with van der Waals surface area (Å²) < 4.78 is 5.59. The zero-order valence-corrected chi connectivity index (χ0v) is 18.8. The fraction of sp³-hybridized carbons (Fsp3) is 0.423. The van der Waals surface area contributed by atoms with Crippen molar-refractivity contribution in [3.63, 3.8) is 0 Å². The monoisotopic (exact) mass is 450 g/mol. The second kappa shape index (κ2) is 9.65. The molecule has 7 nitrogen and oxygen atoms in total. The third kappa shape index (κ3) is 5.02. The van der Waals surface area contributed by atoms with Gasteiger partial charge in [0.2, 0.25) is 5.91 Å². The number of rotatable bonds is 10. The van der Waals surface area contributed by atoms with E-state index >= 15 is 0 Å². The minimum absolute atomic E-state index is 0.0261. The average Bonchev–Trinajstić information content (AvgIpc) is 3.54. The van der Waals surface area contributed by atoms with Gasteiger partial charge in [-0.15, -0.1) is 0 Å². The molecule has 0 spiro atoms. The van der Waals surface area contributed by atoms with Gasteiger partial charge in [-0.2, -0.15) is 0 Å². The zero-order chi connectivity index (χ0) is 23.4. The van der Waals surface area contributed by atoms with Gasteiger partial charge < -0.3 is 20.5 Å². The van der Waals surface area contributed by atoms with Crippen molar-refractivity contribution in [2.45, 2.75) is 51.0 Å². The van der Waals surface area contributed by atoms with E-state index in [2.05, 4.69) is 34.9 Å². The van der Waals surface area contributed by atoms with Crippen LogP contribution in [0.1, 0.15) is 56.1 Å². The molecular weight excluding hydrogens is 420 g/mol. The number of carbonyl (C=O) groups excluding carboxylic acids is 2. The van der Waals surface area contributed by atoms with Crippen LogP contribution in [0, 0.1) is 5.41 Å². The first-order chi connectivity index (χ1) is 15.9. The van der Waals surface area contributed by atoms with E-state index < -0.39 is 17.5 Å². The molecule has 0 radical (unpaired) electrons. The largest absolute Gasteiger partial charge is 0.481 e. The molecule has 3 N–H and O–H groups in total. The minimum Gasteiger partial charge on any atom is -0.481 e. The van der Waals surface area contributed by atoms with E-state index in [1.807, 2.05) is 31.2 Å². The van der Waals surface area contributed by atoms with Crippen LogP contribution >= 0.6 is 0 Å². The third-order valence-electron chi connectivity index (χ3n) is 6.67. The standard InChI is InChI=1S/C26H30N2O5/c1-2-7-17(14-23(29)27-16-26(12-13-26)24(30)31)28-25(32)33-15-22-20-10-5-3-8-18(20)19-9-4-6-11-21(19)22/h3-6,8-11,17,22H,2,7,12-16H2,1H3,(H,27,29)(H,28,32)(H,30,31). The summed E-state index contributed by atoms with van der Waals surface area (Å²) in [6.07, 6.45) is 2.13. The highest BCUT2D eigenvalue weighted by atomic mass is 16.5. The number of fused-ring (bicyclic) bond motifs is 3. The van der Waals surface area contributed by atoms with Crippen molar-refractivity contribution >= 4 is 18.0 Å². The van der Waals surface area contributed by atoms with Gasteiger partial charge in [0.05, 0.1) is 5.41 Å². The molecule has 0 bridgehead atoms. The smallest absolute Gasteiger partial charge is 0.407 e. The molecule has 33 heavy (non-hydrogen) atoms. The highest BCUT2D eigenvalue weighted by Gasteiger charge is 2.50. The molecule has 1 unspecified atom stereocenters. The van der Waals surface area contributed by atoms with Gasteiger partial charge in [-0.25, -0.2) is 4.79 Å². The molecule has 2 amide bonds. The molecule has 1 fully saturated rings. The van der Waals surface area contributed by atoms with Gasteiger partial charge in [-0.05, 0) is 41.5 Å². The molecule has 1 saturated carbocycles. The Kier molecular flexibility index (Phi) is 6.67. The van der Waals surface area contributed by atoms with Gasteiger partial charge in [0, 0.05) is 24.9 Å². The number of carbonyl (C=O) groups is 3. The Morgan fingerprint density at radius 1 is 1.06 bits per heavy atom. The van der Waals surface area contributed by atoms with Gasteiger partial charge >= 0.3 is 12.1 Å². The first-order valence-electron chi connectivity index (χ1n) is 11.5. The number of amides is 2. The molecule has 0 saturated heterocycles. The highest BCUT2D eigenvalue weighted by Crippen LogP contribution is 2.45. The zero-order valence-electron chi connectivity index (χ0n) is 18.8. The molecule has 2 aromatic rings. The van der Waals surface area contributed by atoms with E-state index in [-0.39, 0.29) is 37.4 Å². The van der Waals surface area contributed by atoms with E-state index in [9.17, 15) is 19.5 Å². The number of carboxylic acid groups (broad SMARTS) is 1. The van der Waals surface area contributed by atoms with Crippen LogP contribution in [0.3, 0.4) is 0 Å². The molecular formula is C26H30N2O5. The average molecular weight is 451 g/mol. The van der Waals surface area contributed by atoms with Crippen molar-refractivity contribution in [3.8, 4) is 11.1 Å². The molecule has 2 aromatic carbocycles. The van der Waals surface area contributed by atoms with Crippen molar-refractivity contribution < 1.29 is 24.2 Å². The maximum Gasteiger partial charge on any atom is 0.407 e. The van der Waals surface area contributed by atoms with E-state index in [0.29, 0.717) is 19.3 Å². The lowest BCUT2D eigenvalue weighted by Gasteiger charge is -2.20. The summed E-state index contributed by atoms with van der Waals surface area (Å²) in [5.41, 5.74) is 3.80. The molecule has 0 heterocycles. The highest BCUT2D eigenvalue weighted by molar-refractivity contribution is 5.82. The number of nitrogens with one attached hydrogen (secondary N) is 2. The number of hydrogen-bond donors (Lipinski definition) is 3. The predicted octanol–water partition coefficient (Wildman–Crippen LogP) is 4.06. The minimum atomic E-state index is -0.871. The van der Waals surface area contributed by atoms with Crippen LogP contribution in [-0.4, -0.2) is 42.3 Å². The second-order valence-corrected chi connectivity index (χ2v) is 9.02. The number of alkyl carbamates (subject to hydrolysis) is 1. The Morgan fingerprint density at radius 3 is 2.21 bits per heavy atom. The normalized spacial score (nSPS) is 16.3. The third-order valence-corrected chi connectivity index (χ3v) is 6.67. The van der Waals surface area contributed by atoms with Gasteiger partial charge in [-0.3, -0.25) is 9.59 Å². The maximum absolute atomic E-state index is 12.6. The van der Waals surface area contributed by atoms with E-state index in [1.54, 1.807) is 0 Å². The second-order valence-electron chi connectivity index (χ2n) is 9.02. The summed E-state index contributed by atoms with van der Waals surface area (Å²) >= 11 is 0. The van der Waals surface area contributed by atoms with Crippen LogP contribution in [0.4, 0.5) is 4.79 Å². The van der Waals surface area contributed by atoms with Gasteiger partial charge in [-0.1, -0.05) is 61.9 Å². The van der Waals surface area contributed by atoms with Crippen molar-refractivity contribution in [2.24, 2.45) is 5.41 Å². The lowest BCUT2D eigenvalue weighted by molar-refractivity contribution is -0.143. The topological polar surface area (TPSA) is 105 Å². The summed E-state index contributed by atoms with van der Waals surface area (Å²) in [6.45, 7) is 2.32. The van der Waals surface area contributed by atoms with Crippen molar-refractivity contribution in [2.75, 3.05) is 13.2 Å². The Balaban J connectivity index is 1.31. The van der Waals surface area contributed by atoms with E-state index in [1.165, 1.54) is 0 Å². The fourth-order valence-corrected chi connectivity index (χ4v) is 4.56. The summed E-state index contributed by atoms with van der Waals surface area (Å²) in [4.78, 5) is 36.2. The number of benzene rings is 2. The molecule has 7 heteroatoms. The van der Waals surface area contributed by atoms with Gasteiger partial charge in [0.15, 0.2) is 0 Å². The maximum atomic E-state index is 12.6. The molecule has 2 aliphatic rings. The lowest BCUT2D eigenvalue weighted by atomic mass is 9.98. The first-order valence-corrected chi connectivity index (χ1v) is 11.5. The van der Waals surface area contributed by atoms with Crippen LogP contribution in [0.5, 0.6) is 0 Å². The quantitative estimate of drug-likeness (QED) is 0.506. The summed E-state index contributed by atoms with van der Waals surface area (Å²) in [5, 5.41) is 14.8. The predicted molar refractivity (Wildman–Crippen MR) is 124 cm³/mol. The Bertz CT molecular complexity index is 1000. The first kappa shape index (κ1) is 22.8. The lowest BCUT2D eigenvalue weighted by Crippen LogP contribution is -2.41. The molecule has 0 aromatic heterocycles. The number of carboxylic acids is 1. The summed E-state index contributed by atoms with van der Waals surface area (Å²) in [6, 6.07) is 15.9. The van der Waals surface area contributed by atoms with Crippen molar-refractivity contribution in [1.82, 2.24) is 10.6 Å². The summed E-state index contributed by atoms with van der Waals surface area (Å²) in [7, 11) is 0. The van der Waals surface area contributed by atoms with Crippen LogP contribution < -0.4 is 10.6 Å². The Morgan fingerprint density at radius 2 is 1.67 bits per heavy atom. The molecule has 174 valence electrons. The van der Waals surface area contributed by atoms with Gasteiger partial charge in [0.25, 0.3) is 0 Å². The SMILES string of the molecule is CCCC(CC(=O)NCC1(C(=O)O)CC1)NC(=O)OCC1c2ccccc2-c2ccccc21. The molecule has 1 atom stereocenters. The molecule has 0 aliphatic heterocycles. The number of hydrogen-bond acceptors (Lipinski definition) is 4. The Hall–Kier alpha value is -3.35. The number of ether oxygens (including phenoxy) is 1. The Labute approximate surface area is 193 Å². The fourth-order valence-electron chi connectivity index (χ4n) is 4.56. The molecule has 4 rings (SSSR count). The number of aliphatic carboxylic acids is 1. The van der Waals surface area contributed by atoms with Crippen LogP contribution in [0.15, 0.2) is 48.5 Å². The van der Waals surface area contributed by atoms with Crippen LogP contribution in [0.25, 0.3) is 11.1 Å².